The lowest BCUT2D eigenvalue weighted by atomic mass is 10.1. The molecule has 0 aliphatic rings. The molecule has 0 amide bonds. The third-order valence-electron chi connectivity index (χ3n) is 3.78. The highest BCUT2D eigenvalue weighted by Gasteiger charge is 2.27. The molecule has 176 valence electrons. The van der Waals surface area contributed by atoms with Crippen molar-refractivity contribution >= 4 is 64.0 Å². The molecule has 0 aliphatic carbocycles. The smallest absolute Gasteiger partial charge is 0.295 e. The van der Waals surface area contributed by atoms with Gasteiger partial charge in [0.05, 0.1) is 0 Å². The minimum atomic E-state index is -5.19. The highest BCUT2D eigenvalue weighted by Crippen LogP contribution is 2.32. The van der Waals surface area contributed by atoms with E-state index in [1.165, 1.54) is 0 Å². The van der Waals surface area contributed by atoms with Gasteiger partial charge < -0.3 is 11.5 Å². The molecule has 2 aromatic carbocycles. The Balaban J connectivity index is 3.06. The maximum absolute atomic E-state index is 11.7. The highest BCUT2D eigenvalue weighted by atomic mass is 32.2. The molecule has 18 heteroatoms. The van der Waals surface area contributed by atoms with Gasteiger partial charge in [0.1, 0.15) is 19.6 Å². The van der Waals surface area contributed by atoms with E-state index >= 15 is 0 Å². The molecule has 0 atom stereocenters. The molecule has 0 aromatic heterocycles. The minimum absolute atomic E-state index is 0.487. The lowest BCUT2D eigenvalue weighted by Gasteiger charge is -2.12. The Kier molecular flexibility index (Phi) is 6.49. The Hall–Kier alpha value is -2.58. The van der Waals surface area contributed by atoms with Gasteiger partial charge in [0, 0.05) is 22.5 Å². The van der Waals surface area contributed by atoms with Gasteiger partial charge in [-0.2, -0.15) is 33.7 Å². The van der Waals surface area contributed by atoms with Crippen LogP contribution in [0.1, 0.15) is 11.1 Å². The van der Waals surface area contributed by atoms with Crippen molar-refractivity contribution in [3.05, 3.63) is 35.4 Å². The summed E-state index contributed by atoms with van der Waals surface area (Å²) in [4.78, 5) is -4.62. The second-order valence-electron chi connectivity index (χ2n) is 6.10. The molecule has 0 aliphatic heterocycles. The van der Waals surface area contributed by atoms with Crippen LogP contribution in [-0.4, -0.2) is 51.9 Å². The van der Waals surface area contributed by atoms with Crippen LogP contribution in [0.25, 0.3) is 12.2 Å². The first kappa shape index (κ1) is 25.7. The molecule has 0 saturated heterocycles. The second-order valence-corrected chi connectivity index (χ2v) is 11.7. The summed E-state index contributed by atoms with van der Waals surface area (Å²) >= 11 is 0. The van der Waals surface area contributed by atoms with E-state index in [0.29, 0.717) is 36.4 Å². The first-order valence-corrected chi connectivity index (χ1v) is 13.4. The highest BCUT2D eigenvalue weighted by molar-refractivity contribution is 7.87. The molecule has 2 aromatic rings. The number of rotatable bonds is 6. The van der Waals surface area contributed by atoms with Crippen molar-refractivity contribution < 1.29 is 51.9 Å². The SMILES string of the molecule is Nc1cc(S(=O)(=O)O)c(C=Cc2c(S(=O)(=O)O)cc(N)cc2S(=O)(=O)O)c(S(=O)(=O)O)c1. The average Bonchev–Trinajstić information content (AvgIpc) is 2.56. The molecule has 0 radical (unpaired) electrons. The molecule has 32 heavy (non-hydrogen) atoms. The van der Waals surface area contributed by atoms with Gasteiger partial charge in [-0.15, -0.1) is 0 Å². The van der Waals surface area contributed by atoms with Crippen molar-refractivity contribution in [1.29, 1.82) is 0 Å². The third kappa shape index (κ3) is 5.61. The van der Waals surface area contributed by atoms with Crippen LogP contribution in [0.5, 0.6) is 0 Å². The van der Waals surface area contributed by atoms with E-state index in [1.807, 2.05) is 0 Å². The van der Waals surface area contributed by atoms with Gasteiger partial charge in [-0.1, -0.05) is 12.2 Å². The molecule has 0 heterocycles. The monoisotopic (exact) mass is 530 g/mol. The summed E-state index contributed by atoms with van der Waals surface area (Å²) in [6.45, 7) is 0. The van der Waals surface area contributed by atoms with E-state index in [0.717, 1.165) is 0 Å². The fraction of sp³-hybridized carbons (Fsp3) is 0. The Morgan fingerprint density at radius 1 is 0.500 bits per heavy atom. The van der Waals surface area contributed by atoms with Crippen molar-refractivity contribution in [3.63, 3.8) is 0 Å². The molecule has 14 nitrogen and oxygen atoms in total. The standard InChI is InChI=1S/C14H14N2O12S4/c15-7-3-11(29(17,18)19)9(12(4-7)30(20,21)22)1-2-10-13(31(23,24)25)5-8(16)6-14(10)32(26,27)28/h1-6H,15-16H2,(H,17,18,19)(H,20,21,22)(H,23,24,25)(H,26,27,28). The van der Waals surface area contributed by atoms with Crippen LogP contribution in [0.2, 0.25) is 0 Å². The van der Waals surface area contributed by atoms with E-state index in [4.69, 9.17) is 11.5 Å². The molecular weight excluding hydrogens is 516 g/mol. The van der Waals surface area contributed by atoms with Crippen LogP contribution >= 0.6 is 0 Å². The first-order valence-electron chi connectivity index (χ1n) is 7.68. The van der Waals surface area contributed by atoms with Gasteiger partial charge in [-0.05, 0) is 24.3 Å². The molecule has 0 spiro atoms. The maximum atomic E-state index is 11.7. The van der Waals surface area contributed by atoms with Crippen molar-refractivity contribution in [3.8, 4) is 0 Å². The molecule has 0 bridgehead atoms. The molecule has 0 saturated carbocycles. The van der Waals surface area contributed by atoms with Crippen LogP contribution in [0.4, 0.5) is 11.4 Å². The van der Waals surface area contributed by atoms with Crippen LogP contribution < -0.4 is 11.5 Å². The maximum Gasteiger partial charge on any atom is 0.295 e. The number of nitrogens with two attached hydrogens (primary N) is 2. The zero-order valence-corrected chi connectivity index (χ0v) is 18.6. The summed E-state index contributed by atoms with van der Waals surface area (Å²) in [6.07, 6.45) is 0.973. The van der Waals surface area contributed by atoms with Gasteiger partial charge in [-0.3, -0.25) is 18.2 Å². The number of anilines is 2. The van der Waals surface area contributed by atoms with Gasteiger partial charge in [-0.25, -0.2) is 0 Å². The zero-order chi connectivity index (χ0) is 24.9. The zero-order valence-electron chi connectivity index (χ0n) is 15.3. The number of hydrogen-bond donors (Lipinski definition) is 6. The summed E-state index contributed by atoms with van der Waals surface area (Å²) in [7, 11) is -20.8. The van der Waals surface area contributed by atoms with E-state index in [1.54, 1.807) is 0 Å². The van der Waals surface area contributed by atoms with Gasteiger partial charge in [0.15, 0.2) is 0 Å². The summed E-state index contributed by atoms with van der Waals surface area (Å²) in [5.41, 5.74) is 7.84. The fourth-order valence-electron chi connectivity index (χ4n) is 2.59. The van der Waals surface area contributed by atoms with Crippen molar-refractivity contribution in [2.45, 2.75) is 19.6 Å². The van der Waals surface area contributed by atoms with Gasteiger partial charge in [0.25, 0.3) is 40.5 Å². The van der Waals surface area contributed by atoms with E-state index < -0.39 is 82.6 Å². The molecule has 0 fully saturated rings. The van der Waals surface area contributed by atoms with E-state index in [9.17, 15) is 51.9 Å². The minimum Gasteiger partial charge on any atom is -0.399 e. The Morgan fingerprint density at radius 2 is 0.688 bits per heavy atom. The van der Waals surface area contributed by atoms with Crippen molar-refractivity contribution in [2.75, 3.05) is 11.5 Å². The van der Waals surface area contributed by atoms with Crippen molar-refractivity contribution in [2.24, 2.45) is 0 Å². The molecule has 8 N–H and O–H groups in total. The van der Waals surface area contributed by atoms with Crippen LogP contribution in [0.3, 0.4) is 0 Å². The molecular formula is C14H14N2O12S4. The van der Waals surface area contributed by atoms with Crippen molar-refractivity contribution in [1.82, 2.24) is 0 Å². The van der Waals surface area contributed by atoms with Gasteiger partial charge >= 0.3 is 0 Å². The third-order valence-corrected chi connectivity index (χ3v) is 7.36. The summed E-state index contributed by atoms with van der Waals surface area (Å²) < 4.78 is 131. The predicted octanol–water partition coefficient (Wildman–Crippen LogP) is 0.00820. The second kappa shape index (κ2) is 8.08. The number of hydrogen-bond acceptors (Lipinski definition) is 10. The van der Waals surface area contributed by atoms with Crippen LogP contribution in [0.15, 0.2) is 43.8 Å². The van der Waals surface area contributed by atoms with E-state index in [2.05, 4.69) is 0 Å². The predicted molar refractivity (Wildman–Crippen MR) is 110 cm³/mol. The molecule has 2 rings (SSSR count). The summed E-state index contributed by atoms with van der Waals surface area (Å²) in [5.74, 6) is 0. The van der Waals surface area contributed by atoms with Gasteiger partial charge in [0.2, 0.25) is 0 Å². The topological polar surface area (TPSA) is 270 Å². The molecule has 0 unspecified atom stereocenters. The quantitative estimate of drug-likeness (QED) is 0.163. The average molecular weight is 531 g/mol. The normalized spacial score (nSPS) is 13.5. The fourth-order valence-corrected chi connectivity index (χ4v) is 5.68. The Bertz CT molecular complexity index is 1350. The largest absolute Gasteiger partial charge is 0.399 e. The number of nitrogen functional groups attached to an aromatic ring is 2. The van der Waals surface area contributed by atoms with Crippen LogP contribution in [-0.2, 0) is 40.5 Å². The Morgan fingerprint density at radius 3 is 0.844 bits per heavy atom. The summed E-state index contributed by atoms with van der Waals surface area (Å²) in [5, 5.41) is 0. The summed E-state index contributed by atoms with van der Waals surface area (Å²) in [6, 6.07) is 2.39. The lowest BCUT2D eigenvalue weighted by Crippen LogP contribution is -2.10. The van der Waals surface area contributed by atoms with Crippen LogP contribution in [0, 0.1) is 0 Å². The number of benzene rings is 2. The lowest BCUT2D eigenvalue weighted by molar-refractivity contribution is 0.476. The first-order chi connectivity index (χ1) is 14.2. The Labute approximate surface area is 182 Å². The van der Waals surface area contributed by atoms with E-state index in [-0.39, 0.29) is 0 Å².